The maximum Gasteiger partial charge on any atom is 0.326 e. The Hall–Kier alpha value is -1.51. The fraction of sp³-hybridized carbons (Fsp3) is 0.500. The molecule has 0 amide bonds. The van der Waals surface area contributed by atoms with Gasteiger partial charge in [-0.2, -0.15) is 0 Å². The molecule has 0 saturated carbocycles. The number of hydrogen-bond acceptors (Lipinski definition) is 2. The summed E-state index contributed by atoms with van der Waals surface area (Å²) >= 11 is 0. The van der Waals surface area contributed by atoms with E-state index in [2.05, 4.69) is 30.0 Å². The lowest BCUT2D eigenvalue weighted by atomic mass is 9.96. The Labute approximate surface area is 101 Å². The van der Waals surface area contributed by atoms with Crippen molar-refractivity contribution in [3.05, 3.63) is 29.3 Å². The normalized spacial score (nSPS) is 26.5. The van der Waals surface area contributed by atoms with Crippen molar-refractivity contribution in [1.82, 2.24) is 0 Å². The molecule has 90 valence electrons. The summed E-state index contributed by atoms with van der Waals surface area (Å²) in [6, 6.07) is 6.45. The SMILES string of the molecule is Cc1ccc2c(c1)CC1CCCC(C(=O)O)N21. The van der Waals surface area contributed by atoms with Gasteiger partial charge in [0.15, 0.2) is 0 Å². The fourth-order valence-electron chi connectivity index (χ4n) is 3.27. The number of rotatable bonds is 1. The molecule has 0 aliphatic carbocycles. The van der Waals surface area contributed by atoms with Crippen LogP contribution in [0.3, 0.4) is 0 Å². The highest BCUT2D eigenvalue weighted by molar-refractivity contribution is 5.80. The Morgan fingerprint density at radius 1 is 1.41 bits per heavy atom. The molecular weight excluding hydrogens is 214 g/mol. The summed E-state index contributed by atoms with van der Waals surface area (Å²) in [5.41, 5.74) is 3.73. The first kappa shape index (κ1) is 10.6. The summed E-state index contributed by atoms with van der Waals surface area (Å²) in [5, 5.41) is 9.32. The first-order valence-electron chi connectivity index (χ1n) is 6.27. The maximum absolute atomic E-state index is 11.3. The molecule has 1 aromatic rings. The summed E-state index contributed by atoms with van der Waals surface area (Å²) in [5.74, 6) is -0.678. The van der Waals surface area contributed by atoms with Gasteiger partial charge in [0.05, 0.1) is 0 Å². The van der Waals surface area contributed by atoms with Gasteiger partial charge in [-0.1, -0.05) is 17.7 Å². The smallest absolute Gasteiger partial charge is 0.326 e. The molecule has 1 aromatic carbocycles. The number of carbonyl (C=O) groups is 1. The number of benzene rings is 1. The summed E-state index contributed by atoms with van der Waals surface area (Å²) in [7, 11) is 0. The highest BCUT2D eigenvalue weighted by atomic mass is 16.4. The van der Waals surface area contributed by atoms with Crippen molar-refractivity contribution in [2.24, 2.45) is 0 Å². The summed E-state index contributed by atoms with van der Waals surface area (Å²) < 4.78 is 0. The van der Waals surface area contributed by atoms with Crippen molar-refractivity contribution in [3.63, 3.8) is 0 Å². The maximum atomic E-state index is 11.3. The number of fused-ring (bicyclic) bond motifs is 3. The van der Waals surface area contributed by atoms with Gasteiger partial charge in [-0.15, -0.1) is 0 Å². The van der Waals surface area contributed by atoms with Crippen LogP contribution in [0, 0.1) is 6.92 Å². The molecule has 2 aliphatic heterocycles. The van der Waals surface area contributed by atoms with E-state index in [4.69, 9.17) is 0 Å². The molecule has 1 saturated heterocycles. The van der Waals surface area contributed by atoms with Crippen molar-refractivity contribution < 1.29 is 9.90 Å². The molecular formula is C14H17NO2. The van der Waals surface area contributed by atoms with Gasteiger partial charge >= 0.3 is 5.97 Å². The third-order valence-corrected chi connectivity index (χ3v) is 4.00. The molecule has 2 atom stereocenters. The van der Waals surface area contributed by atoms with Crippen molar-refractivity contribution in [3.8, 4) is 0 Å². The molecule has 2 unspecified atom stereocenters. The van der Waals surface area contributed by atoms with E-state index in [0.717, 1.165) is 31.4 Å². The van der Waals surface area contributed by atoms with Crippen LogP contribution >= 0.6 is 0 Å². The zero-order valence-corrected chi connectivity index (χ0v) is 10.0. The second-order valence-electron chi connectivity index (χ2n) is 5.18. The van der Waals surface area contributed by atoms with E-state index in [0.29, 0.717) is 6.04 Å². The number of carboxylic acids is 1. The lowest BCUT2D eigenvalue weighted by Crippen LogP contribution is -2.48. The van der Waals surface area contributed by atoms with Crippen LogP contribution in [-0.2, 0) is 11.2 Å². The number of carboxylic acid groups (broad SMARTS) is 1. The van der Waals surface area contributed by atoms with Crippen LogP contribution in [0.15, 0.2) is 18.2 Å². The molecule has 3 nitrogen and oxygen atoms in total. The van der Waals surface area contributed by atoms with Gasteiger partial charge in [0.2, 0.25) is 0 Å². The Balaban J connectivity index is 2.02. The van der Waals surface area contributed by atoms with Gasteiger partial charge in [0.1, 0.15) is 6.04 Å². The van der Waals surface area contributed by atoms with Crippen molar-refractivity contribution in [2.45, 2.75) is 44.7 Å². The van der Waals surface area contributed by atoms with Crippen LogP contribution in [0.1, 0.15) is 30.4 Å². The monoisotopic (exact) mass is 231 g/mol. The zero-order chi connectivity index (χ0) is 12.0. The summed E-state index contributed by atoms with van der Waals surface area (Å²) in [6.07, 6.45) is 3.95. The minimum Gasteiger partial charge on any atom is -0.480 e. The Kier molecular flexibility index (Phi) is 2.35. The van der Waals surface area contributed by atoms with E-state index in [1.807, 2.05) is 0 Å². The molecule has 2 heterocycles. The quantitative estimate of drug-likeness (QED) is 0.806. The number of aryl methyl sites for hydroxylation is 1. The van der Waals surface area contributed by atoms with Gasteiger partial charge in [-0.05, 0) is 44.2 Å². The van der Waals surface area contributed by atoms with E-state index in [-0.39, 0.29) is 6.04 Å². The first-order chi connectivity index (χ1) is 8.16. The molecule has 0 spiro atoms. The largest absolute Gasteiger partial charge is 0.480 e. The number of nitrogens with zero attached hydrogens (tertiary/aromatic N) is 1. The summed E-state index contributed by atoms with van der Waals surface area (Å²) in [6.45, 7) is 2.09. The highest BCUT2D eigenvalue weighted by Gasteiger charge is 2.39. The third kappa shape index (κ3) is 1.61. The number of hydrogen-bond donors (Lipinski definition) is 1. The minimum atomic E-state index is -0.678. The van der Waals surface area contributed by atoms with Crippen molar-refractivity contribution in [2.75, 3.05) is 4.90 Å². The van der Waals surface area contributed by atoms with E-state index >= 15 is 0 Å². The van der Waals surface area contributed by atoms with Crippen LogP contribution in [0.5, 0.6) is 0 Å². The van der Waals surface area contributed by atoms with Gasteiger partial charge in [-0.25, -0.2) is 4.79 Å². The highest BCUT2D eigenvalue weighted by Crippen LogP contribution is 2.40. The lowest BCUT2D eigenvalue weighted by Gasteiger charge is -2.37. The molecule has 0 radical (unpaired) electrons. The molecule has 1 fully saturated rings. The van der Waals surface area contributed by atoms with Gasteiger partial charge in [-0.3, -0.25) is 0 Å². The molecule has 3 rings (SSSR count). The van der Waals surface area contributed by atoms with E-state index in [1.165, 1.54) is 11.1 Å². The number of piperidine rings is 1. The van der Waals surface area contributed by atoms with Crippen LogP contribution in [0.4, 0.5) is 5.69 Å². The van der Waals surface area contributed by atoms with Gasteiger partial charge < -0.3 is 10.0 Å². The predicted octanol–water partition coefficient (Wildman–Crippen LogP) is 2.36. The Morgan fingerprint density at radius 3 is 3.00 bits per heavy atom. The van der Waals surface area contributed by atoms with E-state index in [1.54, 1.807) is 0 Å². The standard InChI is InChI=1S/C14H17NO2/c1-9-5-6-12-10(7-9)8-11-3-2-4-13(14(16)17)15(11)12/h5-7,11,13H,2-4,8H2,1H3,(H,16,17). The summed E-state index contributed by atoms with van der Waals surface area (Å²) in [4.78, 5) is 13.5. The Bertz CT molecular complexity index is 469. The third-order valence-electron chi connectivity index (χ3n) is 4.00. The van der Waals surface area contributed by atoms with E-state index < -0.39 is 5.97 Å². The molecule has 0 aromatic heterocycles. The molecule has 0 bridgehead atoms. The number of anilines is 1. The van der Waals surface area contributed by atoms with Gasteiger partial charge in [0, 0.05) is 11.7 Å². The first-order valence-corrected chi connectivity index (χ1v) is 6.27. The van der Waals surface area contributed by atoms with Crippen LogP contribution in [-0.4, -0.2) is 23.2 Å². The Morgan fingerprint density at radius 2 is 2.24 bits per heavy atom. The minimum absolute atomic E-state index is 0.322. The van der Waals surface area contributed by atoms with Gasteiger partial charge in [0.25, 0.3) is 0 Å². The topological polar surface area (TPSA) is 40.5 Å². The molecule has 2 aliphatic rings. The molecule has 17 heavy (non-hydrogen) atoms. The molecule has 1 N–H and O–H groups in total. The van der Waals surface area contributed by atoms with E-state index in [9.17, 15) is 9.90 Å². The van der Waals surface area contributed by atoms with Crippen molar-refractivity contribution in [1.29, 1.82) is 0 Å². The predicted molar refractivity (Wildman–Crippen MR) is 66.4 cm³/mol. The molecule has 3 heteroatoms. The average Bonchev–Trinajstić information content (AvgIpc) is 2.65. The van der Waals surface area contributed by atoms with Crippen LogP contribution in [0.25, 0.3) is 0 Å². The van der Waals surface area contributed by atoms with Crippen LogP contribution in [0.2, 0.25) is 0 Å². The second-order valence-corrected chi connectivity index (χ2v) is 5.18. The van der Waals surface area contributed by atoms with Crippen LogP contribution < -0.4 is 4.90 Å². The fourth-order valence-corrected chi connectivity index (χ4v) is 3.27. The number of aliphatic carboxylic acids is 1. The second kappa shape index (κ2) is 3.76. The zero-order valence-electron chi connectivity index (χ0n) is 10.0. The lowest BCUT2D eigenvalue weighted by molar-refractivity contribution is -0.139. The van der Waals surface area contributed by atoms with Crippen molar-refractivity contribution >= 4 is 11.7 Å². The average molecular weight is 231 g/mol.